The van der Waals surface area contributed by atoms with E-state index in [1.165, 1.54) is 64.7 Å². The Kier molecular flexibility index (Phi) is 2.63. The second-order valence-corrected chi connectivity index (χ2v) is 6.45. The predicted molar refractivity (Wildman–Crippen MR) is 74.0 cm³/mol. The van der Waals surface area contributed by atoms with Crippen LogP contribution in [0, 0.1) is 11.8 Å². The Morgan fingerprint density at radius 3 is 1.56 bits per heavy atom. The highest BCUT2D eigenvalue weighted by atomic mass is 15.2. The second kappa shape index (κ2) is 4.32. The minimum Gasteiger partial charge on any atom is -0.375 e. The molecular weight excluding hydrogens is 220 g/mol. The Morgan fingerprint density at radius 2 is 1.17 bits per heavy atom. The summed E-state index contributed by atoms with van der Waals surface area (Å²) >= 11 is 0. The molecule has 0 atom stereocenters. The van der Waals surface area contributed by atoms with Crippen LogP contribution in [-0.2, 0) is 0 Å². The molecule has 0 radical (unpaired) electrons. The van der Waals surface area contributed by atoms with Gasteiger partial charge in [0.25, 0.3) is 0 Å². The van der Waals surface area contributed by atoms with Crippen molar-refractivity contribution >= 4 is 0 Å². The van der Waals surface area contributed by atoms with Crippen LogP contribution in [-0.4, -0.2) is 36.0 Å². The maximum atomic E-state index is 2.64. The molecule has 2 aliphatic heterocycles. The van der Waals surface area contributed by atoms with Gasteiger partial charge in [0, 0.05) is 43.5 Å². The molecule has 2 fully saturated rings. The number of hydrogen-bond acceptors (Lipinski definition) is 2. The third-order valence-electron chi connectivity index (χ3n) is 5.28. The van der Waals surface area contributed by atoms with Crippen molar-refractivity contribution in [2.75, 3.05) is 26.2 Å². The van der Waals surface area contributed by atoms with Gasteiger partial charge < -0.3 is 9.80 Å². The van der Waals surface area contributed by atoms with Crippen molar-refractivity contribution in [2.24, 2.45) is 11.8 Å². The van der Waals surface area contributed by atoms with Gasteiger partial charge in [-0.25, -0.2) is 0 Å². The number of hydrogen-bond donors (Lipinski definition) is 0. The van der Waals surface area contributed by atoms with Crippen LogP contribution in [0.4, 0.5) is 0 Å². The van der Waals surface area contributed by atoms with E-state index in [0.29, 0.717) is 0 Å². The molecule has 0 unspecified atom stereocenters. The second-order valence-electron chi connectivity index (χ2n) is 6.45. The standard InChI is InChI=1S/C16H24N2/c1-2-6-17(5-1)15-9-13-11-16(12-14(13)10-15)18-7-3-4-8-18/h9,11,13-14H,1-8,10,12H2. The summed E-state index contributed by atoms with van der Waals surface area (Å²) < 4.78 is 0. The number of fused-ring (bicyclic) bond motifs is 1. The fourth-order valence-electron chi connectivity index (χ4n) is 4.26. The van der Waals surface area contributed by atoms with Crippen LogP contribution in [0.15, 0.2) is 23.5 Å². The summed E-state index contributed by atoms with van der Waals surface area (Å²) in [7, 11) is 0. The van der Waals surface area contributed by atoms with Gasteiger partial charge in [0.1, 0.15) is 0 Å². The van der Waals surface area contributed by atoms with Crippen molar-refractivity contribution in [3.05, 3.63) is 23.5 Å². The van der Waals surface area contributed by atoms with E-state index in [-0.39, 0.29) is 0 Å². The van der Waals surface area contributed by atoms with E-state index in [1.54, 1.807) is 11.4 Å². The molecule has 98 valence electrons. The SMILES string of the molecule is C1=C(N2CCCC2)CC2CC(N3CCCC3)=CC12. The molecule has 2 saturated heterocycles. The van der Waals surface area contributed by atoms with Crippen molar-refractivity contribution in [1.82, 2.24) is 9.80 Å². The summed E-state index contributed by atoms with van der Waals surface area (Å²) in [4.78, 5) is 5.28. The third-order valence-corrected chi connectivity index (χ3v) is 5.28. The van der Waals surface area contributed by atoms with Gasteiger partial charge >= 0.3 is 0 Å². The lowest BCUT2D eigenvalue weighted by molar-refractivity contribution is 0.370. The maximum absolute atomic E-state index is 2.64. The molecule has 2 heteroatoms. The smallest absolute Gasteiger partial charge is 0.0175 e. The van der Waals surface area contributed by atoms with Gasteiger partial charge in [0.2, 0.25) is 0 Å². The van der Waals surface area contributed by atoms with Gasteiger partial charge in [0.15, 0.2) is 0 Å². The average molecular weight is 244 g/mol. The summed E-state index contributed by atoms with van der Waals surface area (Å²) in [5.74, 6) is 1.66. The first-order chi connectivity index (χ1) is 8.90. The molecule has 0 spiro atoms. The molecule has 4 aliphatic rings. The van der Waals surface area contributed by atoms with Crippen LogP contribution in [0.25, 0.3) is 0 Å². The van der Waals surface area contributed by atoms with Gasteiger partial charge in [-0.15, -0.1) is 0 Å². The van der Waals surface area contributed by atoms with Gasteiger partial charge in [-0.2, -0.15) is 0 Å². The minimum absolute atomic E-state index is 0.760. The Bertz CT molecular complexity index is 348. The topological polar surface area (TPSA) is 6.48 Å². The summed E-state index contributed by atoms with van der Waals surface area (Å²) in [6.45, 7) is 5.25. The fraction of sp³-hybridized carbons (Fsp3) is 0.750. The monoisotopic (exact) mass is 244 g/mol. The normalized spacial score (nSPS) is 35.1. The highest BCUT2D eigenvalue weighted by molar-refractivity contribution is 5.27. The van der Waals surface area contributed by atoms with Crippen molar-refractivity contribution in [1.29, 1.82) is 0 Å². The van der Waals surface area contributed by atoms with E-state index in [1.807, 2.05) is 0 Å². The molecule has 0 amide bonds. The molecule has 0 aromatic rings. The first-order valence-electron chi connectivity index (χ1n) is 7.81. The van der Waals surface area contributed by atoms with E-state index >= 15 is 0 Å². The van der Waals surface area contributed by atoms with Crippen molar-refractivity contribution in [3.8, 4) is 0 Å². The zero-order chi connectivity index (χ0) is 11.9. The lowest BCUT2D eigenvalue weighted by atomic mass is 9.99. The predicted octanol–water partition coefficient (Wildman–Crippen LogP) is 2.99. The van der Waals surface area contributed by atoms with Crippen LogP contribution >= 0.6 is 0 Å². The van der Waals surface area contributed by atoms with Crippen LogP contribution < -0.4 is 0 Å². The van der Waals surface area contributed by atoms with Crippen LogP contribution in [0.5, 0.6) is 0 Å². The van der Waals surface area contributed by atoms with Crippen molar-refractivity contribution in [2.45, 2.75) is 38.5 Å². The molecule has 0 aromatic carbocycles. The van der Waals surface area contributed by atoms with Crippen LogP contribution in [0.3, 0.4) is 0 Å². The van der Waals surface area contributed by atoms with E-state index in [9.17, 15) is 0 Å². The van der Waals surface area contributed by atoms with E-state index in [2.05, 4.69) is 22.0 Å². The van der Waals surface area contributed by atoms with Crippen LogP contribution in [0.1, 0.15) is 38.5 Å². The number of allylic oxidation sites excluding steroid dienone is 4. The summed E-state index contributed by atoms with van der Waals surface area (Å²) in [6.07, 6.45) is 13.5. The molecular formula is C16H24N2. The Morgan fingerprint density at radius 1 is 0.722 bits per heavy atom. The number of nitrogens with zero attached hydrogens (tertiary/aromatic N) is 2. The van der Waals surface area contributed by atoms with E-state index < -0.39 is 0 Å². The minimum atomic E-state index is 0.760. The summed E-state index contributed by atoms with van der Waals surface area (Å²) in [6, 6.07) is 0. The lowest BCUT2D eigenvalue weighted by Gasteiger charge is -2.22. The van der Waals surface area contributed by atoms with E-state index in [4.69, 9.17) is 0 Å². The van der Waals surface area contributed by atoms with Gasteiger partial charge in [-0.1, -0.05) is 12.2 Å². The van der Waals surface area contributed by atoms with Crippen LogP contribution in [0.2, 0.25) is 0 Å². The molecule has 2 aliphatic carbocycles. The first-order valence-corrected chi connectivity index (χ1v) is 7.81. The molecule has 2 heterocycles. The average Bonchev–Trinajstić information content (AvgIpc) is 3.13. The zero-order valence-electron chi connectivity index (χ0n) is 11.3. The largest absolute Gasteiger partial charge is 0.375 e. The van der Waals surface area contributed by atoms with E-state index in [0.717, 1.165) is 11.8 Å². The number of likely N-dealkylation sites (tertiary alicyclic amines) is 2. The fourth-order valence-corrected chi connectivity index (χ4v) is 4.26. The van der Waals surface area contributed by atoms with Gasteiger partial charge in [-0.3, -0.25) is 0 Å². The van der Waals surface area contributed by atoms with Gasteiger partial charge in [0.05, 0.1) is 0 Å². The summed E-state index contributed by atoms with van der Waals surface area (Å²) in [5.41, 5.74) is 3.33. The summed E-state index contributed by atoms with van der Waals surface area (Å²) in [5, 5.41) is 0. The Hall–Kier alpha value is -0.920. The van der Waals surface area contributed by atoms with Crippen molar-refractivity contribution in [3.63, 3.8) is 0 Å². The first kappa shape index (κ1) is 11.0. The quantitative estimate of drug-likeness (QED) is 0.737. The third kappa shape index (κ3) is 1.77. The Labute approximate surface area is 110 Å². The molecule has 18 heavy (non-hydrogen) atoms. The van der Waals surface area contributed by atoms with Gasteiger partial charge in [-0.05, 0) is 44.4 Å². The zero-order valence-corrected chi connectivity index (χ0v) is 11.3. The molecule has 0 bridgehead atoms. The molecule has 2 nitrogen and oxygen atoms in total. The number of rotatable bonds is 2. The van der Waals surface area contributed by atoms with Crippen molar-refractivity contribution < 1.29 is 0 Å². The Balaban J connectivity index is 1.47. The highest BCUT2D eigenvalue weighted by Crippen LogP contribution is 2.44. The lowest BCUT2D eigenvalue weighted by Crippen LogP contribution is -2.19. The highest BCUT2D eigenvalue weighted by Gasteiger charge is 2.35. The molecule has 0 N–H and O–H groups in total. The molecule has 0 saturated carbocycles. The maximum Gasteiger partial charge on any atom is 0.0175 e. The molecule has 4 rings (SSSR count). The molecule has 0 aromatic heterocycles.